The molecule has 0 aliphatic rings. The van der Waals surface area contributed by atoms with Gasteiger partial charge in [-0.2, -0.15) is 0 Å². The minimum atomic E-state index is -0.601. The summed E-state index contributed by atoms with van der Waals surface area (Å²) in [6, 6.07) is 3.93. The monoisotopic (exact) mass is 263 g/mol. The Morgan fingerprint density at radius 2 is 2.16 bits per heavy atom. The molecular weight excluding hydrogens is 250 g/mol. The van der Waals surface area contributed by atoms with Gasteiger partial charge in [-0.1, -0.05) is 0 Å². The largest absolute Gasteiger partial charge is 0.506 e. The molecule has 100 valence electrons. The van der Waals surface area contributed by atoms with Crippen LogP contribution in [0.1, 0.15) is 12.5 Å². The molecule has 6 heteroatoms. The molecule has 1 aromatic heterocycles. The molecule has 19 heavy (non-hydrogen) atoms. The fraction of sp³-hybridized carbons (Fsp3) is 0.231. The number of nitrogens with two attached hydrogens (primary N) is 1. The number of phenols is 1. The molecule has 0 aliphatic carbocycles. The summed E-state index contributed by atoms with van der Waals surface area (Å²) in [5, 5.41) is 9.99. The smallest absolute Gasteiger partial charge is 0.336 e. The molecule has 2 aromatic rings. The van der Waals surface area contributed by atoms with Crippen LogP contribution >= 0.6 is 0 Å². The predicted molar refractivity (Wildman–Crippen MR) is 68.9 cm³/mol. The van der Waals surface area contributed by atoms with Crippen molar-refractivity contribution >= 4 is 22.6 Å². The van der Waals surface area contributed by atoms with Gasteiger partial charge in [-0.05, 0) is 18.6 Å². The quantitative estimate of drug-likeness (QED) is 0.373. The van der Waals surface area contributed by atoms with Crippen molar-refractivity contribution in [1.82, 2.24) is 0 Å². The van der Waals surface area contributed by atoms with E-state index in [9.17, 15) is 14.7 Å². The van der Waals surface area contributed by atoms with Crippen LogP contribution in [0.15, 0.2) is 27.4 Å². The molecule has 0 aliphatic heterocycles. The Hall–Kier alpha value is -2.50. The Morgan fingerprint density at radius 3 is 2.84 bits per heavy atom. The molecule has 0 fully saturated rings. The van der Waals surface area contributed by atoms with Crippen LogP contribution in [-0.4, -0.2) is 17.7 Å². The van der Waals surface area contributed by atoms with Crippen molar-refractivity contribution in [2.45, 2.75) is 13.3 Å². The zero-order valence-corrected chi connectivity index (χ0v) is 10.3. The number of rotatable bonds is 3. The third kappa shape index (κ3) is 2.67. The second-order valence-corrected chi connectivity index (χ2v) is 3.98. The summed E-state index contributed by atoms with van der Waals surface area (Å²) in [5.74, 6) is -0.620. The summed E-state index contributed by atoms with van der Waals surface area (Å²) in [7, 11) is 0. The number of anilines is 1. The summed E-state index contributed by atoms with van der Waals surface area (Å²) < 4.78 is 9.79. The van der Waals surface area contributed by atoms with Crippen LogP contribution in [-0.2, 0) is 16.0 Å². The molecular formula is C13H13NO5. The molecule has 0 saturated heterocycles. The number of nitrogen functional groups attached to an aromatic ring is 1. The number of aromatic hydroxyl groups is 1. The highest BCUT2D eigenvalue weighted by Gasteiger charge is 2.12. The van der Waals surface area contributed by atoms with E-state index in [2.05, 4.69) is 0 Å². The zero-order chi connectivity index (χ0) is 14.0. The molecule has 0 unspecified atom stereocenters. The molecule has 6 nitrogen and oxygen atoms in total. The zero-order valence-electron chi connectivity index (χ0n) is 10.3. The van der Waals surface area contributed by atoms with E-state index >= 15 is 0 Å². The maximum atomic E-state index is 11.5. The highest BCUT2D eigenvalue weighted by atomic mass is 16.5. The number of fused-ring (bicyclic) bond motifs is 1. The molecule has 3 N–H and O–H groups in total. The second-order valence-electron chi connectivity index (χ2n) is 3.98. The number of benzene rings is 1. The van der Waals surface area contributed by atoms with Gasteiger partial charge in [-0.3, -0.25) is 4.79 Å². The lowest BCUT2D eigenvalue weighted by Gasteiger charge is -2.07. The highest BCUT2D eigenvalue weighted by molar-refractivity contribution is 5.89. The van der Waals surface area contributed by atoms with Crippen molar-refractivity contribution in [1.29, 1.82) is 0 Å². The summed E-state index contributed by atoms with van der Waals surface area (Å²) in [4.78, 5) is 22.9. The first-order valence-electron chi connectivity index (χ1n) is 5.72. The van der Waals surface area contributed by atoms with Crippen LogP contribution < -0.4 is 11.4 Å². The lowest BCUT2D eigenvalue weighted by Crippen LogP contribution is -2.10. The fourth-order valence-electron chi connectivity index (χ4n) is 1.79. The standard InChI is InChI=1S/C13H13NO5/c1-2-18-12(16)3-7-4-13(17)19-11-6-10(15)9(14)5-8(7)11/h4-6,15H,2-3,14H2,1H3. The maximum absolute atomic E-state index is 11.5. The molecule has 1 aromatic carbocycles. The van der Waals surface area contributed by atoms with E-state index in [1.807, 2.05) is 0 Å². The summed E-state index contributed by atoms with van der Waals surface area (Å²) in [6.45, 7) is 1.96. The lowest BCUT2D eigenvalue weighted by atomic mass is 10.1. The van der Waals surface area contributed by atoms with Crippen molar-refractivity contribution in [3.63, 3.8) is 0 Å². The Balaban J connectivity index is 2.56. The Kier molecular flexibility index (Phi) is 3.41. The topological polar surface area (TPSA) is 103 Å². The number of esters is 1. The third-order valence-corrected chi connectivity index (χ3v) is 2.62. The van der Waals surface area contributed by atoms with Crippen molar-refractivity contribution < 1.29 is 19.1 Å². The van der Waals surface area contributed by atoms with E-state index in [1.54, 1.807) is 6.92 Å². The van der Waals surface area contributed by atoms with Gasteiger partial charge in [0, 0.05) is 17.5 Å². The second kappa shape index (κ2) is 5.01. The van der Waals surface area contributed by atoms with E-state index in [0.717, 1.165) is 0 Å². The van der Waals surface area contributed by atoms with Gasteiger partial charge in [0.05, 0.1) is 18.7 Å². The third-order valence-electron chi connectivity index (χ3n) is 2.62. The number of hydrogen-bond acceptors (Lipinski definition) is 6. The van der Waals surface area contributed by atoms with Crippen LogP contribution in [0.25, 0.3) is 11.0 Å². The van der Waals surface area contributed by atoms with Gasteiger partial charge >= 0.3 is 11.6 Å². The minimum absolute atomic E-state index is 0.0554. The Morgan fingerprint density at radius 1 is 1.42 bits per heavy atom. The minimum Gasteiger partial charge on any atom is -0.506 e. The molecule has 1 heterocycles. The van der Waals surface area contributed by atoms with Gasteiger partial charge in [0.2, 0.25) is 0 Å². The van der Waals surface area contributed by atoms with E-state index in [0.29, 0.717) is 10.9 Å². The molecule has 2 rings (SSSR count). The van der Waals surface area contributed by atoms with Crippen LogP contribution in [0.3, 0.4) is 0 Å². The molecule has 0 radical (unpaired) electrons. The van der Waals surface area contributed by atoms with Crippen molar-refractivity contribution in [3.05, 3.63) is 34.2 Å². The number of phenolic OH excluding ortho intramolecular Hbond substituents is 1. The lowest BCUT2D eigenvalue weighted by molar-refractivity contribution is -0.142. The van der Waals surface area contributed by atoms with Crippen molar-refractivity contribution in [2.75, 3.05) is 12.3 Å². The first-order valence-corrected chi connectivity index (χ1v) is 5.72. The molecule has 0 saturated carbocycles. The summed E-state index contributed by atoms with van der Waals surface area (Å²) >= 11 is 0. The van der Waals surface area contributed by atoms with E-state index in [1.165, 1.54) is 18.2 Å². The van der Waals surface area contributed by atoms with Gasteiger partial charge in [-0.15, -0.1) is 0 Å². The summed E-state index contributed by atoms with van der Waals surface area (Å²) in [6.07, 6.45) is -0.0554. The first-order chi connectivity index (χ1) is 9.01. The van der Waals surface area contributed by atoms with Crippen LogP contribution in [0.5, 0.6) is 5.75 Å². The number of carbonyl (C=O) groups is 1. The number of hydrogen-bond donors (Lipinski definition) is 2. The van der Waals surface area contributed by atoms with Crippen LogP contribution in [0, 0.1) is 0 Å². The Bertz CT molecular complexity index is 689. The van der Waals surface area contributed by atoms with E-state index in [4.69, 9.17) is 14.9 Å². The van der Waals surface area contributed by atoms with E-state index < -0.39 is 11.6 Å². The molecule has 0 bridgehead atoms. The fourth-order valence-corrected chi connectivity index (χ4v) is 1.79. The van der Waals surface area contributed by atoms with Crippen LogP contribution in [0.4, 0.5) is 5.69 Å². The number of ether oxygens (including phenoxy) is 1. The van der Waals surface area contributed by atoms with Gasteiger partial charge < -0.3 is 20.0 Å². The average molecular weight is 263 g/mol. The van der Waals surface area contributed by atoms with Gasteiger partial charge in [-0.25, -0.2) is 4.79 Å². The maximum Gasteiger partial charge on any atom is 0.336 e. The molecule has 0 spiro atoms. The average Bonchev–Trinajstić information content (AvgIpc) is 2.32. The van der Waals surface area contributed by atoms with E-state index in [-0.39, 0.29) is 30.0 Å². The highest BCUT2D eigenvalue weighted by Crippen LogP contribution is 2.28. The number of carbonyl (C=O) groups excluding carboxylic acids is 1. The Labute approximate surface area is 108 Å². The molecule has 0 atom stereocenters. The molecule has 0 amide bonds. The van der Waals surface area contributed by atoms with Gasteiger partial charge in [0.1, 0.15) is 11.3 Å². The van der Waals surface area contributed by atoms with Crippen LogP contribution in [0.2, 0.25) is 0 Å². The SMILES string of the molecule is CCOC(=O)Cc1cc(=O)oc2cc(O)c(N)cc12. The normalized spacial score (nSPS) is 10.6. The van der Waals surface area contributed by atoms with Crippen molar-refractivity contribution in [3.8, 4) is 5.75 Å². The van der Waals surface area contributed by atoms with Gasteiger partial charge in [0.25, 0.3) is 0 Å². The predicted octanol–water partition coefficient (Wildman–Crippen LogP) is 1.19. The first kappa shape index (κ1) is 12.9. The van der Waals surface area contributed by atoms with Crippen molar-refractivity contribution in [2.24, 2.45) is 0 Å². The summed E-state index contributed by atoms with van der Waals surface area (Å²) in [5.41, 5.74) is 5.77. The van der Waals surface area contributed by atoms with Gasteiger partial charge in [0.15, 0.2) is 0 Å².